The zero-order valence-corrected chi connectivity index (χ0v) is 15.2. The van der Waals surface area contributed by atoms with Crippen LogP contribution in [0.3, 0.4) is 0 Å². The average Bonchev–Trinajstić information content (AvgIpc) is 3.18. The molecule has 0 bridgehead atoms. The fourth-order valence-corrected chi connectivity index (χ4v) is 4.22. The van der Waals surface area contributed by atoms with Crippen LogP contribution in [0.2, 0.25) is 0 Å². The molecule has 2 aliphatic heterocycles. The van der Waals surface area contributed by atoms with Crippen molar-refractivity contribution >= 4 is 5.97 Å². The number of nitrogens with zero attached hydrogens (tertiary/aromatic N) is 1. The van der Waals surface area contributed by atoms with E-state index >= 15 is 0 Å². The summed E-state index contributed by atoms with van der Waals surface area (Å²) in [7, 11) is 0. The van der Waals surface area contributed by atoms with Gasteiger partial charge in [0.1, 0.15) is 11.3 Å². The molecule has 0 saturated carbocycles. The first kappa shape index (κ1) is 17.6. The SMILES string of the molecule is O=C(O)c1cn2c(cc1=O)-c1cc(-c3ccc(F)c(F)c3)c3c(c1CC2)CCO3. The van der Waals surface area contributed by atoms with Crippen molar-refractivity contribution in [2.75, 3.05) is 6.61 Å². The van der Waals surface area contributed by atoms with Gasteiger partial charge in [0.25, 0.3) is 0 Å². The minimum Gasteiger partial charge on any atom is -0.492 e. The Morgan fingerprint density at radius 1 is 1.03 bits per heavy atom. The Balaban J connectivity index is 1.78. The summed E-state index contributed by atoms with van der Waals surface area (Å²) in [6.07, 6.45) is 2.71. The Hall–Kier alpha value is -3.48. The fourth-order valence-electron chi connectivity index (χ4n) is 4.22. The van der Waals surface area contributed by atoms with Gasteiger partial charge in [-0.05, 0) is 35.7 Å². The number of hydrogen-bond acceptors (Lipinski definition) is 3. The first-order valence-electron chi connectivity index (χ1n) is 9.19. The molecule has 0 amide bonds. The number of aryl methyl sites for hydroxylation is 1. The molecular formula is C22H15F2NO4. The number of carboxylic acids is 1. The van der Waals surface area contributed by atoms with Crippen molar-refractivity contribution in [3.05, 3.63) is 75.1 Å². The summed E-state index contributed by atoms with van der Waals surface area (Å²) in [6, 6.07) is 6.84. The summed E-state index contributed by atoms with van der Waals surface area (Å²) in [4.78, 5) is 23.6. The Bertz CT molecular complexity index is 1260. The van der Waals surface area contributed by atoms with E-state index in [0.29, 0.717) is 48.6 Å². The predicted molar refractivity (Wildman–Crippen MR) is 101 cm³/mol. The highest BCUT2D eigenvalue weighted by Crippen LogP contribution is 2.45. The smallest absolute Gasteiger partial charge is 0.341 e. The topological polar surface area (TPSA) is 68.5 Å². The molecule has 5 nitrogen and oxygen atoms in total. The number of aromatic carboxylic acids is 1. The monoisotopic (exact) mass is 395 g/mol. The molecule has 146 valence electrons. The molecule has 0 radical (unpaired) electrons. The maximum atomic E-state index is 13.9. The van der Waals surface area contributed by atoms with Crippen LogP contribution < -0.4 is 10.2 Å². The molecule has 2 aromatic carbocycles. The van der Waals surface area contributed by atoms with Gasteiger partial charge >= 0.3 is 5.97 Å². The van der Waals surface area contributed by atoms with Gasteiger partial charge in [-0.3, -0.25) is 4.79 Å². The number of benzene rings is 2. The number of rotatable bonds is 2. The van der Waals surface area contributed by atoms with Gasteiger partial charge in [0.05, 0.1) is 12.3 Å². The lowest BCUT2D eigenvalue weighted by atomic mass is 9.87. The van der Waals surface area contributed by atoms with E-state index in [4.69, 9.17) is 4.74 Å². The minimum atomic E-state index is -1.26. The largest absolute Gasteiger partial charge is 0.492 e. The van der Waals surface area contributed by atoms with Gasteiger partial charge < -0.3 is 14.4 Å². The molecule has 3 aromatic rings. The Labute approximate surface area is 163 Å². The lowest BCUT2D eigenvalue weighted by Gasteiger charge is -2.25. The number of fused-ring (bicyclic) bond motifs is 5. The third-order valence-electron chi connectivity index (χ3n) is 5.56. The molecule has 0 spiro atoms. The summed E-state index contributed by atoms with van der Waals surface area (Å²) in [5.41, 5.74) is 3.71. The van der Waals surface area contributed by atoms with E-state index in [0.717, 1.165) is 28.8 Å². The van der Waals surface area contributed by atoms with Crippen molar-refractivity contribution in [1.82, 2.24) is 4.57 Å². The number of ether oxygens (including phenoxy) is 1. The van der Waals surface area contributed by atoms with Crippen molar-refractivity contribution < 1.29 is 23.4 Å². The van der Waals surface area contributed by atoms with Crippen LogP contribution in [0.4, 0.5) is 8.78 Å². The molecule has 3 heterocycles. The van der Waals surface area contributed by atoms with Crippen molar-refractivity contribution in [2.45, 2.75) is 19.4 Å². The predicted octanol–water partition coefficient (Wildman–Crippen LogP) is 3.65. The van der Waals surface area contributed by atoms with Gasteiger partial charge in [-0.2, -0.15) is 0 Å². The number of pyridine rings is 1. The van der Waals surface area contributed by atoms with Crippen LogP contribution in [0.1, 0.15) is 21.5 Å². The molecule has 7 heteroatoms. The Morgan fingerprint density at radius 3 is 2.62 bits per heavy atom. The van der Waals surface area contributed by atoms with Gasteiger partial charge in [0, 0.05) is 41.9 Å². The Morgan fingerprint density at radius 2 is 1.86 bits per heavy atom. The van der Waals surface area contributed by atoms with Crippen LogP contribution in [0, 0.1) is 11.6 Å². The number of aromatic nitrogens is 1. The van der Waals surface area contributed by atoms with E-state index in [1.165, 1.54) is 18.3 Å². The third-order valence-corrected chi connectivity index (χ3v) is 5.56. The van der Waals surface area contributed by atoms with E-state index in [-0.39, 0.29) is 5.56 Å². The molecule has 29 heavy (non-hydrogen) atoms. The average molecular weight is 395 g/mol. The molecule has 0 unspecified atom stereocenters. The molecule has 5 rings (SSSR count). The lowest BCUT2D eigenvalue weighted by molar-refractivity contribution is 0.0694. The van der Waals surface area contributed by atoms with Crippen molar-refractivity contribution in [1.29, 1.82) is 0 Å². The molecular weight excluding hydrogens is 380 g/mol. The van der Waals surface area contributed by atoms with E-state index < -0.39 is 23.0 Å². The maximum Gasteiger partial charge on any atom is 0.341 e. The van der Waals surface area contributed by atoms with Gasteiger partial charge in [0.15, 0.2) is 17.1 Å². The molecule has 1 N–H and O–H groups in total. The zero-order valence-electron chi connectivity index (χ0n) is 15.2. The van der Waals surface area contributed by atoms with Gasteiger partial charge in [0.2, 0.25) is 0 Å². The highest BCUT2D eigenvalue weighted by atomic mass is 19.2. The number of carboxylic acid groups (broad SMARTS) is 1. The van der Waals surface area contributed by atoms with Crippen LogP contribution in [0.5, 0.6) is 5.75 Å². The molecule has 2 aliphatic rings. The van der Waals surface area contributed by atoms with Crippen molar-refractivity contribution in [2.24, 2.45) is 0 Å². The second-order valence-corrected chi connectivity index (χ2v) is 7.17. The summed E-state index contributed by atoms with van der Waals surface area (Å²) >= 11 is 0. The summed E-state index contributed by atoms with van der Waals surface area (Å²) in [6.45, 7) is 1.03. The maximum absolute atomic E-state index is 13.9. The molecule has 1 aromatic heterocycles. The Kier molecular flexibility index (Phi) is 3.81. The molecule has 0 atom stereocenters. The lowest BCUT2D eigenvalue weighted by Crippen LogP contribution is -2.22. The standard InChI is InChI=1S/C22H15F2NO4/c23-17-2-1-11(7-18(17)24)14-8-15-12(13-4-6-29-21(13)14)3-5-25-10-16(22(27)28)20(26)9-19(15)25/h1-2,7-10H,3-6H2,(H,27,28). The van der Waals surface area contributed by atoms with E-state index in [2.05, 4.69) is 0 Å². The second kappa shape index (κ2) is 6.27. The van der Waals surface area contributed by atoms with Crippen molar-refractivity contribution in [3.63, 3.8) is 0 Å². The van der Waals surface area contributed by atoms with E-state index in [1.807, 2.05) is 6.07 Å². The number of halogens is 2. The van der Waals surface area contributed by atoms with Crippen LogP contribution in [0.25, 0.3) is 22.4 Å². The first-order chi connectivity index (χ1) is 13.9. The van der Waals surface area contributed by atoms with Gasteiger partial charge in [-0.15, -0.1) is 0 Å². The molecule has 0 saturated heterocycles. The molecule has 0 fully saturated rings. The van der Waals surface area contributed by atoms with Gasteiger partial charge in [-0.25, -0.2) is 13.6 Å². The summed E-state index contributed by atoms with van der Waals surface area (Å²) in [5, 5.41) is 9.23. The van der Waals surface area contributed by atoms with E-state index in [9.17, 15) is 23.5 Å². The highest BCUT2D eigenvalue weighted by Gasteiger charge is 2.28. The van der Waals surface area contributed by atoms with Gasteiger partial charge in [-0.1, -0.05) is 6.07 Å². The van der Waals surface area contributed by atoms with E-state index in [1.54, 1.807) is 4.57 Å². The fraction of sp³-hybridized carbons (Fsp3) is 0.182. The van der Waals surface area contributed by atoms with Crippen molar-refractivity contribution in [3.8, 4) is 28.1 Å². The summed E-state index contributed by atoms with van der Waals surface area (Å²) in [5.74, 6) is -2.48. The minimum absolute atomic E-state index is 0.275. The number of hydrogen-bond donors (Lipinski definition) is 1. The van der Waals surface area contributed by atoms with Crippen LogP contribution in [0.15, 0.2) is 41.3 Å². The quantitative estimate of drug-likeness (QED) is 0.719. The third kappa shape index (κ3) is 2.65. The van der Waals surface area contributed by atoms with Crippen LogP contribution in [-0.4, -0.2) is 22.2 Å². The molecule has 0 aliphatic carbocycles. The van der Waals surface area contributed by atoms with Crippen LogP contribution in [-0.2, 0) is 19.4 Å². The highest BCUT2D eigenvalue weighted by molar-refractivity contribution is 5.88. The summed E-state index contributed by atoms with van der Waals surface area (Å²) < 4.78 is 34.8. The first-order valence-corrected chi connectivity index (χ1v) is 9.19. The zero-order chi connectivity index (χ0) is 20.3. The van der Waals surface area contributed by atoms with Crippen LogP contribution >= 0.6 is 0 Å². The second-order valence-electron chi connectivity index (χ2n) is 7.17. The normalized spacial score (nSPS) is 14.0. The number of carbonyl (C=O) groups is 1.